The van der Waals surface area contributed by atoms with Crippen LogP contribution in [0.4, 0.5) is 11.4 Å². The Balaban J connectivity index is 2.40. The van der Waals surface area contributed by atoms with E-state index < -0.39 is 0 Å². The van der Waals surface area contributed by atoms with Gasteiger partial charge in [-0.25, -0.2) is 0 Å². The average Bonchev–Trinajstić information content (AvgIpc) is 2.60. The first-order chi connectivity index (χ1) is 8.11. The SMILES string of the molecule is Cc1cc(N2CCCCCC2)c(N)c(=O)n1C. The van der Waals surface area contributed by atoms with E-state index >= 15 is 0 Å². The summed E-state index contributed by atoms with van der Waals surface area (Å²) in [6, 6.07) is 2.03. The molecule has 1 fully saturated rings. The van der Waals surface area contributed by atoms with Gasteiger partial charge in [-0.2, -0.15) is 0 Å². The molecule has 0 amide bonds. The predicted molar refractivity (Wildman–Crippen MR) is 71.5 cm³/mol. The topological polar surface area (TPSA) is 51.3 Å². The lowest BCUT2D eigenvalue weighted by molar-refractivity contribution is 0.726. The van der Waals surface area contributed by atoms with Gasteiger partial charge in [0.05, 0.1) is 5.69 Å². The third kappa shape index (κ3) is 2.30. The van der Waals surface area contributed by atoms with Crippen LogP contribution in [-0.2, 0) is 7.05 Å². The second-order valence-electron chi connectivity index (χ2n) is 4.85. The molecule has 0 unspecified atom stereocenters. The predicted octanol–water partition coefficient (Wildman–Crippen LogP) is 1.66. The average molecular weight is 235 g/mol. The summed E-state index contributed by atoms with van der Waals surface area (Å²) in [5, 5.41) is 0. The Kier molecular flexibility index (Phi) is 3.41. The van der Waals surface area contributed by atoms with Crippen LogP contribution in [0, 0.1) is 6.92 Å². The molecule has 0 saturated carbocycles. The molecule has 94 valence electrons. The molecule has 1 aliphatic heterocycles. The summed E-state index contributed by atoms with van der Waals surface area (Å²) in [6.07, 6.45) is 4.93. The number of aromatic nitrogens is 1. The number of rotatable bonds is 1. The zero-order valence-corrected chi connectivity index (χ0v) is 10.7. The molecule has 1 aliphatic rings. The van der Waals surface area contributed by atoms with E-state index in [0.29, 0.717) is 5.69 Å². The Labute approximate surface area is 102 Å². The Hall–Kier alpha value is -1.45. The fourth-order valence-corrected chi connectivity index (χ4v) is 2.40. The van der Waals surface area contributed by atoms with Crippen molar-refractivity contribution < 1.29 is 0 Å². The molecule has 0 atom stereocenters. The van der Waals surface area contributed by atoms with Gasteiger partial charge in [-0.3, -0.25) is 4.79 Å². The number of aryl methyl sites for hydroxylation is 1. The van der Waals surface area contributed by atoms with E-state index in [4.69, 9.17) is 5.73 Å². The van der Waals surface area contributed by atoms with Gasteiger partial charge in [-0.1, -0.05) is 12.8 Å². The molecule has 2 N–H and O–H groups in total. The van der Waals surface area contributed by atoms with Crippen molar-refractivity contribution in [2.24, 2.45) is 7.05 Å². The lowest BCUT2D eigenvalue weighted by Crippen LogP contribution is -2.30. The standard InChI is InChI=1S/C13H21N3O/c1-10-9-11(12(14)13(17)15(10)2)16-7-5-3-4-6-8-16/h9H,3-8,14H2,1-2H3. The third-order valence-electron chi connectivity index (χ3n) is 3.63. The van der Waals surface area contributed by atoms with E-state index in [1.807, 2.05) is 13.0 Å². The van der Waals surface area contributed by atoms with Crippen molar-refractivity contribution >= 4 is 11.4 Å². The van der Waals surface area contributed by atoms with Crippen LogP contribution < -0.4 is 16.2 Å². The van der Waals surface area contributed by atoms with Crippen molar-refractivity contribution in [3.63, 3.8) is 0 Å². The summed E-state index contributed by atoms with van der Waals surface area (Å²) in [5.74, 6) is 0. The van der Waals surface area contributed by atoms with Crippen molar-refractivity contribution in [1.29, 1.82) is 0 Å². The molecule has 17 heavy (non-hydrogen) atoms. The molecule has 0 bridgehead atoms. The molecule has 2 heterocycles. The van der Waals surface area contributed by atoms with Crippen molar-refractivity contribution in [3.8, 4) is 0 Å². The Morgan fingerprint density at radius 1 is 1.18 bits per heavy atom. The van der Waals surface area contributed by atoms with E-state index in [9.17, 15) is 4.79 Å². The van der Waals surface area contributed by atoms with Gasteiger partial charge in [-0.05, 0) is 25.8 Å². The molecule has 1 saturated heterocycles. The molecular weight excluding hydrogens is 214 g/mol. The van der Waals surface area contributed by atoms with Crippen molar-refractivity contribution in [3.05, 3.63) is 22.1 Å². The molecular formula is C13H21N3O. The number of anilines is 2. The van der Waals surface area contributed by atoms with Gasteiger partial charge in [0.25, 0.3) is 5.56 Å². The first kappa shape index (κ1) is 12.0. The number of nitrogen functional groups attached to an aromatic ring is 1. The summed E-state index contributed by atoms with van der Waals surface area (Å²) in [7, 11) is 1.76. The second-order valence-corrected chi connectivity index (χ2v) is 4.85. The van der Waals surface area contributed by atoms with Gasteiger partial charge < -0.3 is 15.2 Å². The maximum atomic E-state index is 12.0. The van der Waals surface area contributed by atoms with Crippen molar-refractivity contribution in [1.82, 2.24) is 4.57 Å². The molecule has 2 rings (SSSR count). The van der Waals surface area contributed by atoms with E-state index in [1.54, 1.807) is 11.6 Å². The third-order valence-corrected chi connectivity index (χ3v) is 3.63. The number of nitrogens with two attached hydrogens (primary N) is 1. The van der Waals surface area contributed by atoms with Gasteiger partial charge in [0.2, 0.25) is 0 Å². The minimum Gasteiger partial charge on any atom is -0.393 e. The summed E-state index contributed by atoms with van der Waals surface area (Å²) >= 11 is 0. The van der Waals surface area contributed by atoms with E-state index in [-0.39, 0.29) is 5.56 Å². The number of hydrogen-bond acceptors (Lipinski definition) is 3. The highest BCUT2D eigenvalue weighted by Crippen LogP contribution is 2.24. The molecule has 0 radical (unpaired) electrons. The van der Waals surface area contributed by atoms with E-state index in [2.05, 4.69) is 4.90 Å². The molecule has 1 aromatic rings. The maximum Gasteiger partial charge on any atom is 0.275 e. The first-order valence-electron chi connectivity index (χ1n) is 6.32. The highest BCUT2D eigenvalue weighted by atomic mass is 16.1. The first-order valence-corrected chi connectivity index (χ1v) is 6.32. The van der Waals surface area contributed by atoms with Crippen LogP contribution in [0.5, 0.6) is 0 Å². The van der Waals surface area contributed by atoms with Gasteiger partial charge in [-0.15, -0.1) is 0 Å². The van der Waals surface area contributed by atoms with Crippen LogP contribution in [0.3, 0.4) is 0 Å². The number of nitrogens with zero attached hydrogens (tertiary/aromatic N) is 2. The van der Waals surface area contributed by atoms with Crippen molar-refractivity contribution in [2.45, 2.75) is 32.6 Å². The highest BCUT2D eigenvalue weighted by Gasteiger charge is 2.15. The Morgan fingerprint density at radius 3 is 2.35 bits per heavy atom. The summed E-state index contributed by atoms with van der Waals surface area (Å²) in [4.78, 5) is 14.2. The molecule has 4 heteroatoms. The Bertz CT molecular complexity index is 456. The lowest BCUT2D eigenvalue weighted by atomic mass is 10.2. The van der Waals surface area contributed by atoms with Crippen LogP contribution >= 0.6 is 0 Å². The van der Waals surface area contributed by atoms with Gasteiger partial charge in [0.1, 0.15) is 5.69 Å². The lowest BCUT2D eigenvalue weighted by Gasteiger charge is -2.25. The minimum atomic E-state index is -0.0794. The van der Waals surface area contributed by atoms with Crippen LogP contribution in [-0.4, -0.2) is 17.7 Å². The van der Waals surface area contributed by atoms with Crippen LogP contribution in [0.25, 0.3) is 0 Å². The van der Waals surface area contributed by atoms with E-state index in [1.165, 1.54) is 25.7 Å². The quantitative estimate of drug-likeness (QED) is 0.805. The van der Waals surface area contributed by atoms with Gasteiger partial charge in [0.15, 0.2) is 0 Å². The Morgan fingerprint density at radius 2 is 1.76 bits per heavy atom. The van der Waals surface area contributed by atoms with Gasteiger partial charge >= 0.3 is 0 Å². The fourth-order valence-electron chi connectivity index (χ4n) is 2.40. The smallest absolute Gasteiger partial charge is 0.275 e. The second kappa shape index (κ2) is 4.82. The molecule has 0 aromatic carbocycles. The normalized spacial score (nSPS) is 16.9. The molecule has 4 nitrogen and oxygen atoms in total. The molecule has 0 spiro atoms. The molecule has 1 aromatic heterocycles. The fraction of sp³-hybridized carbons (Fsp3) is 0.615. The molecule has 0 aliphatic carbocycles. The monoisotopic (exact) mass is 235 g/mol. The largest absolute Gasteiger partial charge is 0.393 e. The van der Waals surface area contributed by atoms with Crippen LogP contribution in [0.1, 0.15) is 31.4 Å². The number of pyridine rings is 1. The highest BCUT2D eigenvalue weighted by molar-refractivity contribution is 5.67. The zero-order chi connectivity index (χ0) is 12.4. The maximum absolute atomic E-state index is 12.0. The van der Waals surface area contributed by atoms with Crippen LogP contribution in [0.2, 0.25) is 0 Å². The zero-order valence-electron chi connectivity index (χ0n) is 10.7. The summed E-state index contributed by atoms with van der Waals surface area (Å²) in [6.45, 7) is 3.97. The van der Waals surface area contributed by atoms with E-state index in [0.717, 1.165) is 24.5 Å². The summed E-state index contributed by atoms with van der Waals surface area (Å²) < 4.78 is 1.61. The minimum absolute atomic E-state index is 0.0794. The van der Waals surface area contributed by atoms with Crippen LogP contribution in [0.15, 0.2) is 10.9 Å². The van der Waals surface area contributed by atoms with Gasteiger partial charge in [0, 0.05) is 25.8 Å². The van der Waals surface area contributed by atoms with Crippen molar-refractivity contribution in [2.75, 3.05) is 23.7 Å². The number of hydrogen-bond donors (Lipinski definition) is 1. The summed E-state index contributed by atoms with van der Waals surface area (Å²) in [5.41, 5.74) is 8.15.